The summed E-state index contributed by atoms with van der Waals surface area (Å²) in [5.41, 5.74) is 4.39. The number of rotatable bonds is 4. The molecule has 1 nitrogen and oxygen atoms in total. The van der Waals surface area contributed by atoms with Gasteiger partial charge in [-0.15, -0.1) is 11.3 Å². The molecule has 0 saturated carbocycles. The van der Waals surface area contributed by atoms with Gasteiger partial charge in [0.25, 0.3) is 0 Å². The number of thiophene rings is 1. The van der Waals surface area contributed by atoms with E-state index in [9.17, 15) is 0 Å². The lowest BCUT2D eigenvalue weighted by Gasteiger charge is -2.17. The molecule has 2 rings (SSSR count). The molecule has 0 aliphatic carbocycles. The second-order valence-corrected chi connectivity index (χ2v) is 8.03. The summed E-state index contributed by atoms with van der Waals surface area (Å²) in [7, 11) is 2.06. The molecule has 1 atom stereocenters. The molecular formula is C19H27NS. The second-order valence-electron chi connectivity index (χ2n) is 6.92. The molecule has 1 aromatic heterocycles. The smallest absolute Gasteiger partial charge is 0.0453 e. The first kappa shape index (κ1) is 16.3. The third-order valence-corrected chi connectivity index (χ3v) is 5.69. The van der Waals surface area contributed by atoms with E-state index >= 15 is 0 Å². The fourth-order valence-corrected chi connectivity index (χ4v) is 3.63. The van der Waals surface area contributed by atoms with E-state index in [1.807, 2.05) is 11.3 Å². The zero-order valence-electron chi connectivity index (χ0n) is 14.1. The SMILES string of the molecule is CNC(Cc1ccc(C)c(C)c1)c1ccc(C(C)(C)C)s1. The van der Waals surface area contributed by atoms with Gasteiger partial charge in [0.15, 0.2) is 0 Å². The van der Waals surface area contributed by atoms with Crippen LogP contribution in [-0.2, 0) is 11.8 Å². The highest BCUT2D eigenvalue weighted by molar-refractivity contribution is 7.12. The highest BCUT2D eigenvalue weighted by Gasteiger charge is 2.19. The lowest BCUT2D eigenvalue weighted by molar-refractivity contribution is 0.601. The summed E-state index contributed by atoms with van der Waals surface area (Å²) < 4.78 is 0. The van der Waals surface area contributed by atoms with Crippen LogP contribution >= 0.6 is 11.3 Å². The van der Waals surface area contributed by atoms with Crippen molar-refractivity contribution in [1.82, 2.24) is 5.32 Å². The Kier molecular flexibility index (Phi) is 4.90. The molecule has 0 bridgehead atoms. The topological polar surface area (TPSA) is 12.0 Å². The minimum atomic E-state index is 0.238. The van der Waals surface area contributed by atoms with Crippen molar-refractivity contribution in [1.29, 1.82) is 0 Å². The maximum absolute atomic E-state index is 3.48. The van der Waals surface area contributed by atoms with Crippen LogP contribution in [0.15, 0.2) is 30.3 Å². The van der Waals surface area contributed by atoms with Crippen molar-refractivity contribution in [2.24, 2.45) is 0 Å². The van der Waals surface area contributed by atoms with Crippen molar-refractivity contribution in [3.8, 4) is 0 Å². The Labute approximate surface area is 133 Å². The van der Waals surface area contributed by atoms with E-state index in [1.54, 1.807) is 0 Å². The van der Waals surface area contributed by atoms with Crippen LogP contribution in [0.2, 0.25) is 0 Å². The summed E-state index contributed by atoms with van der Waals surface area (Å²) in [5.74, 6) is 0. The van der Waals surface area contributed by atoms with Crippen LogP contribution in [0.3, 0.4) is 0 Å². The Morgan fingerprint density at radius 1 is 1.05 bits per heavy atom. The average Bonchev–Trinajstić information content (AvgIpc) is 2.89. The van der Waals surface area contributed by atoms with Crippen LogP contribution in [0.1, 0.15) is 53.3 Å². The Balaban J connectivity index is 2.19. The monoisotopic (exact) mass is 301 g/mol. The van der Waals surface area contributed by atoms with Gasteiger partial charge in [0.1, 0.15) is 0 Å². The van der Waals surface area contributed by atoms with Crippen LogP contribution < -0.4 is 5.32 Å². The number of aryl methyl sites for hydroxylation is 2. The molecule has 1 aromatic carbocycles. The minimum Gasteiger partial charge on any atom is -0.312 e. The Morgan fingerprint density at radius 3 is 2.29 bits per heavy atom. The molecular weight excluding hydrogens is 274 g/mol. The summed E-state index contributed by atoms with van der Waals surface area (Å²) >= 11 is 1.94. The van der Waals surface area contributed by atoms with Crippen molar-refractivity contribution in [3.05, 3.63) is 56.8 Å². The van der Waals surface area contributed by atoms with E-state index in [-0.39, 0.29) is 5.41 Å². The van der Waals surface area contributed by atoms with E-state index < -0.39 is 0 Å². The first-order valence-corrected chi connectivity index (χ1v) is 8.46. The van der Waals surface area contributed by atoms with Gasteiger partial charge in [0.2, 0.25) is 0 Å². The predicted molar refractivity (Wildman–Crippen MR) is 94.4 cm³/mol. The number of benzene rings is 1. The third kappa shape index (κ3) is 3.96. The summed E-state index contributed by atoms with van der Waals surface area (Å²) in [6.45, 7) is 11.2. The van der Waals surface area contributed by atoms with Crippen molar-refractivity contribution >= 4 is 11.3 Å². The molecule has 0 aliphatic rings. The molecule has 2 heteroatoms. The molecule has 0 amide bonds. The fourth-order valence-electron chi connectivity index (χ4n) is 2.45. The van der Waals surface area contributed by atoms with Crippen LogP contribution in [0.25, 0.3) is 0 Å². The van der Waals surface area contributed by atoms with Crippen LogP contribution in [0, 0.1) is 13.8 Å². The first-order valence-electron chi connectivity index (χ1n) is 7.65. The minimum absolute atomic E-state index is 0.238. The number of likely N-dealkylation sites (N-methyl/N-ethyl adjacent to an activating group) is 1. The van der Waals surface area contributed by atoms with E-state index in [0.717, 1.165) is 6.42 Å². The molecule has 1 unspecified atom stereocenters. The van der Waals surface area contributed by atoms with Gasteiger partial charge in [-0.1, -0.05) is 39.0 Å². The Hall–Kier alpha value is -1.12. The molecule has 0 fully saturated rings. The molecule has 114 valence electrons. The van der Waals surface area contributed by atoms with Crippen LogP contribution in [-0.4, -0.2) is 7.05 Å². The van der Waals surface area contributed by atoms with Gasteiger partial charge in [-0.25, -0.2) is 0 Å². The van der Waals surface area contributed by atoms with Gasteiger partial charge in [-0.3, -0.25) is 0 Å². The molecule has 0 radical (unpaired) electrons. The van der Waals surface area contributed by atoms with E-state index in [4.69, 9.17) is 0 Å². The van der Waals surface area contributed by atoms with Gasteiger partial charge in [-0.2, -0.15) is 0 Å². The fraction of sp³-hybridized carbons (Fsp3) is 0.474. The number of nitrogens with one attached hydrogen (secondary N) is 1. The van der Waals surface area contributed by atoms with E-state index in [1.165, 1.54) is 26.4 Å². The third-order valence-electron chi connectivity index (χ3n) is 4.07. The zero-order valence-corrected chi connectivity index (χ0v) is 14.9. The van der Waals surface area contributed by atoms with Crippen LogP contribution in [0.5, 0.6) is 0 Å². The summed E-state index contributed by atoms with van der Waals surface area (Å²) in [6.07, 6.45) is 1.04. The molecule has 1 N–H and O–H groups in total. The standard InChI is InChI=1S/C19H27NS/c1-13-7-8-15(11-14(13)2)12-16(20-6)17-9-10-18(21-17)19(3,4)5/h7-11,16,20H,12H2,1-6H3. The van der Waals surface area contributed by atoms with Gasteiger partial charge in [0.05, 0.1) is 0 Å². The van der Waals surface area contributed by atoms with Gasteiger partial charge >= 0.3 is 0 Å². The lowest BCUT2D eigenvalue weighted by atomic mass is 9.95. The van der Waals surface area contributed by atoms with Crippen molar-refractivity contribution in [2.75, 3.05) is 7.05 Å². The molecule has 0 aliphatic heterocycles. The Bertz CT molecular complexity index is 604. The number of hydrogen-bond acceptors (Lipinski definition) is 2. The zero-order chi connectivity index (χ0) is 15.6. The average molecular weight is 301 g/mol. The largest absolute Gasteiger partial charge is 0.312 e. The Morgan fingerprint density at radius 2 is 1.76 bits per heavy atom. The van der Waals surface area contributed by atoms with Crippen LogP contribution in [0.4, 0.5) is 0 Å². The summed E-state index contributed by atoms with van der Waals surface area (Å²) in [6, 6.07) is 11.8. The van der Waals surface area contributed by atoms with E-state index in [2.05, 4.69) is 77.3 Å². The molecule has 1 heterocycles. The summed E-state index contributed by atoms with van der Waals surface area (Å²) in [4.78, 5) is 2.89. The van der Waals surface area contributed by atoms with E-state index in [0.29, 0.717) is 6.04 Å². The maximum Gasteiger partial charge on any atom is 0.0453 e. The first-order chi connectivity index (χ1) is 9.81. The lowest BCUT2D eigenvalue weighted by Crippen LogP contribution is -2.17. The highest BCUT2D eigenvalue weighted by atomic mass is 32.1. The van der Waals surface area contributed by atoms with Crippen molar-refractivity contribution in [3.63, 3.8) is 0 Å². The molecule has 21 heavy (non-hydrogen) atoms. The van der Waals surface area contributed by atoms with Crippen molar-refractivity contribution in [2.45, 2.75) is 52.5 Å². The predicted octanol–water partition coefficient (Wildman–Crippen LogP) is 5.17. The second kappa shape index (κ2) is 6.33. The molecule has 2 aromatic rings. The van der Waals surface area contributed by atoms with Crippen molar-refractivity contribution < 1.29 is 0 Å². The normalized spacial score (nSPS) is 13.4. The quantitative estimate of drug-likeness (QED) is 0.822. The highest BCUT2D eigenvalue weighted by Crippen LogP contribution is 2.33. The van der Waals surface area contributed by atoms with Gasteiger partial charge in [0, 0.05) is 15.8 Å². The molecule has 0 saturated heterocycles. The molecule has 0 spiro atoms. The van der Waals surface area contributed by atoms with Gasteiger partial charge < -0.3 is 5.32 Å². The maximum atomic E-state index is 3.48. The summed E-state index contributed by atoms with van der Waals surface area (Å²) in [5, 5.41) is 3.48. The van der Waals surface area contributed by atoms with Gasteiger partial charge in [-0.05, 0) is 61.6 Å². The number of hydrogen-bond donors (Lipinski definition) is 1.